The fourth-order valence-electron chi connectivity index (χ4n) is 1.16. The zero-order valence-electron chi connectivity index (χ0n) is 9.07. The minimum atomic E-state index is 0.444. The lowest BCUT2D eigenvalue weighted by atomic mass is 10.1. The molecule has 0 saturated carbocycles. The van der Waals surface area contributed by atoms with Crippen LogP contribution in [-0.4, -0.2) is 4.98 Å². The number of aromatic nitrogens is 1. The minimum Gasteiger partial charge on any atom is -0.399 e. The lowest BCUT2D eigenvalue weighted by Gasteiger charge is -2.04. The summed E-state index contributed by atoms with van der Waals surface area (Å²) in [6, 6.07) is 1.74. The van der Waals surface area contributed by atoms with E-state index in [1.54, 1.807) is 12.1 Å². The zero-order chi connectivity index (χ0) is 12.1. The molecule has 0 aliphatic rings. The lowest BCUT2D eigenvalue weighted by molar-refractivity contribution is 1.32. The fraction of sp³-hybridized carbons (Fsp3) is 0.0833. The molecule has 0 aromatic carbocycles. The van der Waals surface area contributed by atoms with Crippen molar-refractivity contribution < 1.29 is 0 Å². The summed E-state index contributed by atoms with van der Waals surface area (Å²) in [4.78, 5) is 3.90. The predicted molar refractivity (Wildman–Crippen MR) is 69.8 cm³/mol. The van der Waals surface area contributed by atoms with Gasteiger partial charge in [0.2, 0.25) is 0 Å². The summed E-state index contributed by atoms with van der Waals surface area (Å²) in [6.45, 7) is 5.50. The first-order valence-corrected chi connectivity index (χ1v) is 5.09. The first-order chi connectivity index (χ1) is 7.50. The first kappa shape index (κ1) is 12.3. The van der Waals surface area contributed by atoms with Crippen molar-refractivity contribution in [1.29, 1.82) is 0 Å². The first-order valence-electron chi connectivity index (χ1n) is 4.71. The van der Waals surface area contributed by atoms with Gasteiger partial charge in [0.15, 0.2) is 0 Å². The Morgan fingerprint density at radius 2 is 2.25 bits per heavy atom. The molecule has 1 aromatic heterocycles. The lowest BCUT2D eigenvalue weighted by Crippen LogP contribution is -1.92. The van der Waals surface area contributed by atoms with Crippen molar-refractivity contribution in [2.45, 2.75) is 6.92 Å². The Balaban J connectivity index is 2.99. The second kappa shape index (κ2) is 5.37. The summed E-state index contributed by atoms with van der Waals surface area (Å²) in [6.07, 6.45) is 6.94. The molecule has 1 heterocycles. The van der Waals surface area contributed by atoms with Crippen LogP contribution in [0.2, 0.25) is 5.02 Å². The average molecular weight is 236 g/mol. The quantitative estimate of drug-likeness (QED) is 0.792. The summed E-state index contributed by atoms with van der Waals surface area (Å²) in [5, 5.41) is 0.572. The van der Waals surface area contributed by atoms with Crippen molar-refractivity contribution in [2.75, 3.05) is 5.73 Å². The molecule has 0 radical (unpaired) electrons. The summed E-state index contributed by atoms with van der Waals surface area (Å²) in [5.41, 5.74) is 13.3. The van der Waals surface area contributed by atoms with Crippen LogP contribution in [0.4, 0.5) is 5.82 Å². The maximum Gasteiger partial charge on any atom is 0.123 e. The number of pyridine rings is 1. The number of hydrogen-bond donors (Lipinski definition) is 2. The third-order valence-electron chi connectivity index (χ3n) is 1.96. The van der Waals surface area contributed by atoms with Crippen LogP contribution >= 0.6 is 11.6 Å². The number of anilines is 1. The van der Waals surface area contributed by atoms with Crippen LogP contribution in [0, 0.1) is 0 Å². The molecule has 0 fully saturated rings. The molecule has 0 aliphatic carbocycles. The molecule has 0 spiro atoms. The molecule has 1 rings (SSSR count). The highest BCUT2D eigenvalue weighted by Gasteiger charge is 2.02. The van der Waals surface area contributed by atoms with E-state index in [4.69, 9.17) is 23.1 Å². The summed E-state index contributed by atoms with van der Waals surface area (Å²) >= 11 is 6.01. The Labute approximate surface area is 100 Å². The van der Waals surface area contributed by atoms with Crippen molar-refractivity contribution >= 4 is 23.0 Å². The van der Waals surface area contributed by atoms with Gasteiger partial charge in [-0.05, 0) is 24.6 Å². The topological polar surface area (TPSA) is 64.9 Å². The Morgan fingerprint density at radius 3 is 2.88 bits per heavy atom. The number of nitrogens with zero attached hydrogens (tertiary/aromatic N) is 1. The number of allylic oxidation sites excluding steroid dienone is 4. The van der Waals surface area contributed by atoms with E-state index in [2.05, 4.69) is 11.6 Å². The highest BCUT2D eigenvalue weighted by atomic mass is 35.5. The van der Waals surface area contributed by atoms with Crippen molar-refractivity contribution in [3.63, 3.8) is 0 Å². The van der Waals surface area contributed by atoms with E-state index in [0.717, 1.165) is 11.1 Å². The van der Waals surface area contributed by atoms with Gasteiger partial charge in [-0.2, -0.15) is 0 Å². The molecule has 4 heteroatoms. The van der Waals surface area contributed by atoms with Crippen LogP contribution in [0.1, 0.15) is 12.5 Å². The molecule has 1 aromatic rings. The number of nitrogen functional groups attached to an aromatic ring is 1. The van der Waals surface area contributed by atoms with Crippen molar-refractivity contribution in [3.8, 4) is 0 Å². The normalized spacial score (nSPS) is 12.0. The highest BCUT2D eigenvalue weighted by Crippen LogP contribution is 2.24. The summed E-state index contributed by atoms with van der Waals surface area (Å²) < 4.78 is 0. The SMILES string of the molecule is C=C(N)/C=C\C=C(/C)c1cc(N)ncc1Cl. The van der Waals surface area contributed by atoms with Gasteiger partial charge in [0, 0.05) is 17.5 Å². The van der Waals surface area contributed by atoms with E-state index in [9.17, 15) is 0 Å². The molecule has 0 bridgehead atoms. The molecule has 0 aliphatic heterocycles. The third kappa shape index (κ3) is 3.44. The maximum atomic E-state index is 6.01. The summed E-state index contributed by atoms with van der Waals surface area (Å²) in [7, 11) is 0. The van der Waals surface area contributed by atoms with Crippen LogP contribution < -0.4 is 11.5 Å². The highest BCUT2D eigenvalue weighted by molar-refractivity contribution is 6.32. The van der Waals surface area contributed by atoms with Gasteiger partial charge in [0.05, 0.1) is 5.02 Å². The fourth-order valence-corrected chi connectivity index (χ4v) is 1.42. The van der Waals surface area contributed by atoms with E-state index in [-0.39, 0.29) is 0 Å². The molecule has 16 heavy (non-hydrogen) atoms. The Hall–Kier alpha value is -1.74. The van der Waals surface area contributed by atoms with Crippen molar-refractivity contribution in [1.82, 2.24) is 4.98 Å². The van der Waals surface area contributed by atoms with Crippen molar-refractivity contribution in [2.24, 2.45) is 5.73 Å². The van der Waals surface area contributed by atoms with Crippen LogP contribution in [0.15, 0.2) is 42.8 Å². The molecule has 0 atom stereocenters. The smallest absolute Gasteiger partial charge is 0.123 e. The molecule has 84 valence electrons. The molecule has 0 amide bonds. The Morgan fingerprint density at radius 1 is 1.56 bits per heavy atom. The molecular formula is C12H14ClN3. The van der Waals surface area contributed by atoms with Crippen LogP contribution in [0.5, 0.6) is 0 Å². The number of hydrogen-bond acceptors (Lipinski definition) is 3. The van der Waals surface area contributed by atoms with Gasteiger partial charge in [-0.1, -0.05) is 30.3 Å². The molecule has 0 saturated heterocycles. The van der Waals surface area contributed by atoms with E-state index < -0.39 is 0 Å². The van der Waals surface area contributed by atoms with E-state index in [1.807, 2.05) is 19.1 Å². The van der Waals surface area contributed by atoms with Gasteiger partial charge in [-0.25, -0.2) is 4.98 Å². The van der Waals surface area contributed by atoms with E-state index >= 15 is 0 Å². The van der Waals surface area contributed by atoms with E-state index in [0.29, 0.717) is 16.5 Å². The van der Waals surface area contributed by atoms with Crippen LogP contribution in [0.3, 0.4) is 0 Å². The molecule has 4 N–H and O–H groups in total. The van der Waals surface area contributed by atoms with Crippen molar-refractivity contribution in [3.05, 3.63) is 53.4 Å². The minimum absolute atomic E-state index is 0.444. The standard InChI is InChI=1S/C12H14ClN3/c1-8(4-3-5-9(2)14)10-6-12(15)16-7-11(10)13/h3-7H,2,14H2,1H3,(H2,15,16)/b5-3-,8-4+. The molecule has 0 unspecified atom stereocenters. The van der Waals surface area contributed by atoms with Gasteiger partial charge in [0.1, 0.15) is 5.82 Å². The monoisotopic (exact) mass is 235 g/mol. The Bertz CT molecular complexity index is 461. The van der Waals surface area contributed by atoms with Crippen LogP contribution in [0.25, 0.3) is 5.57 Å². The molecule has 3 nitrogen and oxygen atoms in total. The average Bonchev–Trinajstić information content (AvgIpc) is 2.21. The maximum absolute atomic E-state index is 6.01. The van der Waals surface area contributed by atoms with Crippen LogP contribution in [-0.2, 0) is 0 Å². The number of nitrogens with two attached hydrogens (primary N) is 2. The third-order valence-corrected chi connectivity index (χ3v) is 2.26. The second-order valence-corrected chi connectivity index (χ2v) is 3.78. The molecular weight excluding hydrogens is 222 g/mol. The van der Waals surface area contributed by atoms with Gasteiger partial charge in [0.25, 0.3) is 0 Å². The largest absolute Gasteiger partial charge is 0.399 e. The van der Waals surface area contributed by atoms with Gasteiger partial charge < -0.3 is 11.5 Å². The Kier molecular flexibility index (Phi) is 4.14. The second-order valence-electron chi connectivity index (χ2n) is 3.37. The summed E-state index contributed by atoms with van der Waals surface area (Å²) in [5.74, 6) is 0.444. The van der Waals surface area contributed by atoms with Gasteiger partial charge >= 0.3 is 0 Å². The number of rotatable bonds is 3. The van der Waals surface area contributed by atoms with Gasteiger partial charge in [-0.3, -0.25) is 0 Å². The number of halogens is 1. The van der Waals surface area contributed by atoms with Gasteiger partial charge in [-0.15, -0.1) is 0 Å². The predicted octanol–water partition coefficient (Wildman–Crippen LogP) is 2.75. The zero-order valence-corrected chi connectivity index (χ0v) is 9.83. The van der Waals surface area contributed by atoms with E-state index in [1.165, 1.54) is 6.20 Å².